The smallest absolute Gasteiger partial charge is 0.410 e. The number of carbonyl (C=O) groups is 2. The Balaban J connectivity index is 2.07. The number of piperazine rings is 1. The second-order valence-corrected chi connectivity index (χ2v) is 6.94. The van der Waals surface area contributed by atoms with Gasteiger partial charge in [-0.25, -0.2) is 14.0 Å². The van der Waals surface area contributed by atoms with E-state index in [1.807, 2.05) is 32.6 Å². The van der Waals surface area contributed by atoms with E-state index in [-0.39, 0.29) is 17.7 Å². The van der Waals surface area contributed by atoms with Gasteiger partial charge in [0.05, 0.1) is 5.56 Å². The number of halogens is 1. The van der Waals surface area contributed by atoms with Gasteiger partial charge in [-0.15, -0.1) is 0 Å². The summed E-state index contributed by atoms with van der Waals surface area (Å²) in [5, 5.41) is 8.89. The molecule has 1 aliphatic heterocycles. The lowest BCUT2D eigenvalue weighted by atomic mass is 10.1. The van der Waals surface area contributed by atoms with E-state index < -0.39 is 17.4 Å². The van der Waals surface area contributed by atoms with Crippen LogP contribution in [0.25, 0.3) is 0 Å². The first-order chi connectivity index (χ1) is 11.1. The molecule has 0 bridgehead atoms. The van der Waals surface area contributed by atoms with Gasteiger partial charge in [-0.2, -0.15) is 0 Å². The Labute approximate surface area is 140 Å². The van der Waals surface area contributed by atoms with E-state index in [0.717, 1.165) is 0 Å². The van der Waals surface area contributed by atoms with Crippen LogP contribution in [-0.2, 0) is 4.74 Å². The maximum absolute atomic E-state index is 13.9. The zero-order chi connectivity index (χ0) is 18.1. The third-order valence-electron chi connectivity index (χ3n) is 3.80. The summed E-state index contributed by atoms with van der Waals surface area (Å²) in [6.45, 7) is 8.85. The van der Waals surface area contributed by atoms with Crippen molar-refractivity contribution in [3.8, 4) is 0 Å². The Morgan fingerprint density at radius 1 is 1.29 bits per heavy atom. The van der Waals surface area contributed by atoms with Crippen molar-refractivity contribution in [3.63, 3.8) is 0 Å². The summed E-state index contributed by atoms with van der Waals surface area (Å²) in [4.78, 5) is 26.7. The molecule has 6 nitrogen and oxygen atoms in total. The van der Waals surface area contributed by atoms with E-state index in [0.29, 0.717) is 25.3 Å². The Morgan fingerprint density at radius 2 is 1.96 bits per heavy atom. The molecule has 1 atom stereocenters. The van der Waals surface area contributed by atoms with Gasteiger partial charge < -0.3 is 19.6 Å². The highest BCUT2D eigenvalue weighted by molar-refractivity contribution is 5.88. The van der Waals surface area contributed by atoms with Crippen molar-refractivity contribution in [2.24, 2.45) is 0 Å². The van der Waals surface area contributed by atoms with Crippen LogP contribution < -0.4 is 4.90 Å². The standard InChI is InChI=1S/C17H23FN2O4/c1-11-10-19(7-8-20(11)16(23)24-17(2,3)4)12-5-6-13(15(21)22)14(18)9-12/h5-6,9,11H,7-8,10H2,1-4H3,(H,21,22). The third-order valence-corrected chi connectivity index (χ3v) is 3.80. The van der Waals surface area contributed by atoms with E-state index in [1.54, 1.807) is 11.0 Å². The molecule has 0 aliphatic carbocycles. The number of carboxylic acid groups (broad SMARTS) is 1. The van der Waals surface area contributed by atoms with E-state index in [9.17, 15) is 14.0 Å². The van der Waals surface area contributed by atoms with E-state index in [2.05, 4.69) is 0 Å². The fourth-order valence-electron chi connectivity index (χ4n) is 2.66. The molecule has 1 aliphatic rings. The van der Waals surface area contributed by atoms with Crippen LogP contribution in [0.5, 0.6) is 0 Å². The fraction of sp³-hybridized carbons (Fsp3) is 0.529. The number of benzene rings is 1. The van der Waals surface area contributed by atoms with E-state index in [4.69, 9.17) is 9.84 Å². The summed E-state index contributed by atoms with van der Waals surface area (Å²) in [6.07, 6.45) is -0.359. The summed E-state index contributed by atoms with van der Waals surface area (Å²) < 4.78 is 19.2. The maximum atomic E-state index is 13.9. The number of rotatable bonds is 2. The van der Waals surface area contributed by atoms with Crippen molar-refractivity contribution in [3.05, 3.63) is 29.6 Å². The number of carboxylic acids is 1. The summed E-state index contributed by atoms with van der Waals surface area (Å²) >= 11 is 0. The number of carbonyl (C=O) groups excluding carboxylic acids is 1. The molecule has 7 heteroatoms. The molecule has 2 rings (SSSR count). The Kier molecular flexibility index (Phi) is 5.01. The van der Waals surface area contributed by atoms with Crippen LogP contribution in [0.3, 0.4) is 0 Å². The summed E-state index contributed by atoms with van der Waals surface area (Å²) in [7, 11) is 0. The number of nitrogens with zero attached hydrogens (tertiary/aromatic N) is 2. The lowest BCUT2D eigenvalue weighted by Crippen LogP contribution is -2.55. The second-order valence-electron chi connectivity index (χ2n) is 6.94. The van der Waals surface area contributed by atoms with Crippen LogP contribution in [-0.4, -0.2) is 53.3 Å². The molecule has 1 fully saturated rings. The molecule has 1 aromatic rings. The van der Waals surface area contributed by atoms with Crippen LogP contribution in [0, 0.1) is 5.82 Å². The summed E-state index contributed by atoms with van der Waals surface area (Å²) in [5.74, 6) is -2.05. The molecule has 0 radical (unpaired) electrons. The minimum atomic E-state index is -1.29. The summed E-state index contributed by atoms with van der Waals surface area (Å²) in [5.41, 5.74) is -0.295. The first-order valence-corrected chi connectivity index (χ1v) is 7.86. The molecule has 132 valence electrons. The summed E-state index contributed by atoms with van der Waals surface area (Å²) in [6, 6.07) is 3.97. The maximum Gasteiger partial charge on any atom is 0.410 e. The lowest BCUT2D eigenvalue weighted by Gasteiger charge is -2.41. The third kappa shape index (κ3) is 4.15. The van der Waals surface area contributed by atoms with Crippen LogP contribution in [0.2, 0.25) is 0 Å². The number of hydrogen-bond acceptors (Lipinski definition) is 4. The van der Waals surface area contributed by atoms with Crippen molar-refractivity contribution in [2.45, 2.75) is 39.3 Å². The normalized spacial score (nSPS) is 18.5. The first-order valence-electron chi connectivity index (χ1n) is 7.86. The SMILES string of the molecule is CC1CN(c2ccc(C(=O)O)c(F)c2)CCN1C(=O)OC(C)(C)C. The molecular weight excluding hydrogens is 315 g/mol. The molecule has 24 heavy (non-hydrogen) atoms. The molecule has 1 N–H and O–H groups in total. The van der Waals surface area contributed by atoms with Crippen molar-refractivity contribution in [1.82, 2.24) is 4.90 Å². The number of hydrogen-bond donors (Lipinski definition) is 1. The van der Waals surface area contributed by atoms with Crippen LogP contribution >= 0.6 is 0 Å². The Hall–Kier alpha value is -2.31. The van der Waals surface area contributed by atoms with Crippen LogP contribution in [0.4, 0.5) is 14.9 Å². The van der Waals surface area contributed by atoms with Crippen LogP contribution in [0.15, 0.2) is 18.2 Å². The van der Waals surface area contributed by atoms with Crippen LogP contribution in [0.1, 0.15) is 38.1 Å². The molecular formula is C17H23FN2O4. The van der Waals surface area contributed by atoms with Gasteiger partial charge in [-0.3, -0.25) is 0 Å². The molecule has 1 saturated heterocycles. The highest BCUT2D eigenvalue weighted by atomic mass is 19.1. The van der Waals surface area contributed by atoms with Gasteiger partial charge in [-0.05, 0) is 45.9 Å². The number of amides is 1. The monoisotopic (exact) mass is 338 g/mol. The van der Waals surface area contributed by atoms with E-state index in [1.165, 1.54) is 12.1 Å². The number of aromatic carboxylic acids is 1. The minimum absolute atomic E-state index is 0.101. The predicted octanol–water partition coefficient (Wildman–Crippen LogP) is 2.97. The average molecular weight is 338 g/mol. The molecule has 1 aromatic carbocycles. The van der Waals surface area contributed by atoms with Crippen molar-refractivity contribution >= 4 is 17.7 Å². The van der Waals surface area contributed by atoms with Gasteiger partial charge in [-0.1, -0.05) is 0 Å². The van der Waals surface area contributed by atoms with Crippen molar-refractivity contribution in [2.75, 3.05) is 24.5 Å². The minimum Gasteiger partial charge on any atom is -0.478 e. The number of anilines is 1. The topological polar surface area (TPSA) is 70.1 Å². The Bertz CT molecular complexity index is 642. The van der Waals surface area contributed by atoms with Gasteiger partial charge in [0.25, 0.3) is 0 Å². The molecule has 0 aromatic heterocycles. The predicted molar refractivity (Wildman–Crippen MR) is 88.0 cm³/mol. The molecule has 1 amide bonds. The Morgan fingerprint density at radius 3 is 2.46 bits per heavy atom. The van der Waals surface area contributed by atoms with Gasteiger partial charge in [0.1, 0.15) is 11.4 Å². The van der Waals surface area contributed by atoms with Crippen molar-refractivity contribution < 1.29 is 23.8 Å². The fourth-order valence-corrected chi connectivity index (χ4v) is 2.66. The van der Waals surface area contributed by atoms with E-state index >= 15 is 0 Å². The first kappa shape index (κ1) is 18.0. The van der Waals surface area contributed by atoms with Gasteiger partial charge in [0, 0.05) is 31.4 Å². The lowest BCUT2D eigenvalue weighted by molar-refractivity contribution is 0.0158. The largest absolute Gasteiger partial charge is 0.478 e. The molecule has 1 unspecified atom stereocenters. The molecule has 0 saturated carbocycles. The number of ether oxygens (including phenoxy) is 1. The van der Waals surface area contributed by atoms with Gasteiger partial charge in [0.15, 0.2) is 0 Å². The van der Waals surface area contributed by atoms with Gasteiger partial charge in [0.2, 0.25) is 0 Å². The second kappa shape index (κ2) is 6.67. The zero-order valence-electron chi connectivity index (χ0n) is 14.4. The van der Waals surface area contributed by atoms with Crippen molar-refractivity contribution in [1.29, 1.82) is 0 Å². The highest BCUT2D eigenvalue weighted by Crippen LogP contribution is 2.23. The quantitative estimate of drug-likeness (QED) is 0.898. The molecule has 1 heterocycles. The molecule has 0 spiro atoms. The highest BCUT2D eigenvalue weighted by Gasteiger charge is 2.31. The average Bonchev–Trinajstić information content (AvgIpc) is 2.44. The zero-order valence-corrected chi connectivity index (χ0v) is 14.4. The van der Waals surface area contributed by atoms with Gasteiger partial charge >= 0.3 is 12.1 Å².